The topological polar surface area (TPSA) is 111 Å². The summed E-state index contributed by atoms with van der Waals surface area (Å²) in [5, 5.41) is 17.3. The van der Waals surface area contributed by atoms with E-state index in [1.54, 1.807) is 9.58 Å². The van der Waals surface area contributed by atoms with Gasteiger partial charge in [-0.2, -0.15) is 5.10 Å². The second-order valence-corrected chi connectivity index (χ2v) is 10.0. The predicted molar refractivity (Wildman–Crippen MR) is 124 cm³/mol. The minimum absolute atomic E-state index is 0.0642. The summed E-state index contributed by atoms with van der Waals surface area (Å²) in [6.07, 6.45) is -0.628. The monoisotopic (exact) mass is 456 g/mol. The zero-order valence-corrected chi connectivity index (χ0v) is 19.9. The summed E-state index contributed by atoms with van der Waals surface area (Å²) in [6.45, 7) is 11.2. The number of nitrogens with zero attached hydrogens (tertiary/aromatic N) is 5. The number of piperazine rings is 1. The minimum Gasteiger partial charge on any atom is -0.465 e. The summed E-state index contributed by atoms with van der Waals surface area (Å²) in [5.74, 6) is 0.296. The molecule has 2 saturated heterocycles. The molecule has 2 aromatic rings. The van der Waals surface area contributed by atoms with E-state index >= 15 is 0 Å². The Bertz CT molecular complexity index is 1120. The molecular weight excluding hydrogens is 424 g/mol. The van der Waals surface area contributed by atoms with Crippen LogP contribution in [-0.4, -0.2) is 74.9 Å². The Morgan fingerprint density at radius 1 is 1.21 bits per heavy atom. The zero-order valence-electron chi connectivity index (χ0n) is 19.9. The number of rotatable bonds is 3. The number of hydrogen-bond donors (Lipinski definition) is 2. The molecule has 33 heavy (non-hydrogen) atoms. The van der Waals surface area contributed by atoms with Gasteiger partial charge in [0, 0.05) is 57.6 Å². The van der Waals surface area contributed by atoms with Gasteiger partial charge in [0.2, 0.25) is 5.91 Å². The van der Waals surface area contributed by atoms with Crippen molar-refractivity contribution < 1.29 is 19.5 Å². The molecule has 1 aromatic carbocycles. The van der Waals surface area contributed by atoms with Crippen LogP contribution >= 0.6 is 0 Å². The lowest BCUT2D eigenvalue weighted by Crippen LogP contribution is -2.53. The summed E-state index contributed by atoms with van der Waals surface area (Å²) < 4.78 is 1.79. The summed E-state index contributed by atoms with van der Waals surface area (Å²) in [5.41, 5.74) is 2.93. The van der Waals surface area contributed by atoms with Gasteiger partial charge in [0.25, 0.3) is 0 Å². The number of imide groups is 1. The Hall–Kier alpha value is -3.14. The predicted octanol–water partition coefficient (Wildman–Crippen LogP) is 2.50. The Morgan fingerprint density at radius 2 is 1.94 bits per heavy atom. The van der Waals surface area contributed by atoms with Crippen LogP contribution in [0.5, 0.6) is 0 Å². The SMILES string of the molecule is C[C@H]1CN(Cc2cc(C(C)(C)C)c3c(N4CCC(=O)NC4=O)nn(C)c3c2)CCN1C(=O)O. The summed E-state index contributed by atoms with van der Waals surface area (Å²) in [4.78, 5) is 40.9. The number of fused-ring (bicyclic) bond motifs is 1. The van der Waals surface area contributed by atoms with Crippen LogP contribution in [0.4, 0.5) is 15.4 Å². The standard InChI is InChI=1S/C23H32N6O4/c1-14-12-27(8-9-28(14)22(32)33)13-15-10-16(23(2,3)4)19-17(11-15)26(5)25-20(19)29-7-6-18(30)24-21(29)31/h10-11,14H,6-9,12-13H2,1-5H3,(H,32,33)(H,24,30,31)/t14-/m0/s1. The highest BCUT2D eigenvalue weighted by Gasteiger charge is 2.32. The van der Waals surface area contributed by atoms with Crippen LogP contribution in [-0.2, 0) is 23.8 Å². The molecule has 178 valence electrons. The largest absolute Gasteiger partial charge is 0.465 e. The van der Waals surface area contributed by atoms with Crippen LogP contribution in [0.3, 0.4) is 0 Å². The number of carbonyl (C=O) groups is 3. The number of urea groups is 1. The maximum Gasteiger partial charge on any atom is 0.407 e. The number of carbonyl (C=O) groups excluding carboxylic acids is 2. The highest BCUT2D eigenvalue weighted by Crippen LogP contribution is 2.37. The van der Waals surface area contributed by atoms with Crippen molar-refractivity contribution in [3.8, 4) is 0 Å². The second kappa shape index (κ2) is 8.33. The van der Waals surface area contributed by atoms with Crippen molar-refractivity contribution in [2.24, 2.45) is 7.05 Å². The summed E-state index contributed by atoms with van der Waals surface area (Å²) >= 11 is 0. The van der Waals surface area contributed by atoms with Gasteiger partial charge in [-0.1, -0.05) is 26.8 Å². The molecule has 1 atom stereocenters. The fourth-order valence-corrected chi connectivity index (χ4v) is 4.78. The molecule has 2 aliphatic rings. The van der Waals surface area contributed by atoms with Crippen molar-refractivity contribution in [3.63, 3.8) is 0 Å². The molecule has 2 N–H and O–H groups in total. The van der Waals surface area contributed by atoms with Crippen molar-refractivity contribution in [1.29, 1.82) is 0 Å². The first-order valence-corrected chi connectivity index (χ1v) is 11.3. The first-order chi connectivity index (χ1) is 15.5. The lowest BCUT2D eigenvalue weighted by molar-refractivity contribution is -0.120. The van der Waals surface area contributed by atoms with E-state index in [2.05, 4.69) is 48.2 Å². The Labute approximate surface area is 193 Å². The van der Waals surface area contributed by atoms with E-state index in [1.807, 2.05) is 14.0 Å². The second-order valence-electron chi connectivity index (χ2n) is 10.0. The number of anilines is 1. The number of amides is 4. The zero-order chi connectivity index (χ0) is 24.1. The van der Waals surface area contributed by atoms with E-state index in [4.69, 9.17) is 0 Å². The average Bonchev–Trinajstić information content (AvgIpc) is 3.03. The number of hydrogen-bond acceptors (Lipinski definition) is 5. The fourth-order valence-electron chi connectivity index (χ4n) is 4.78. The molecule has 4 rings (SSSR count). The van der Waals surface area contributed by atoms with Gasteiger partial charge < -0.3 is 10.0 Å². The first kappa shape index (κ1) is 23.0. The van der Waals surface area contributed by atoms with Crippen molar-refractivity contribution >= 4 is 34.8 Å². The van der Waals surface area contributed by atoms with Gasteiger partial charge in [-0.3, -0.25) is 24.6 Å². The highest BCUT2D eigenvalue weighted by atomic mass is 16.4. The minimum atomic E-state index is -0.871. The van der Waals surface area contributed by atoms with E-state index in [0.29, 0.717) is 38.5 Å². The number of benzene rings is 1. The maximum absolute atomic E-state index is 12.5. The Balaban J connectivity index is 1.71. The third-order valence-electron chi connectivity index (χ3n) is 6.48. The molecule has 2 aliphatic heterocycles. The van der Waals surface area contributed by atoms with Crippen LogP contribution in [0.1, 0.15) is 45.2 Å². The van der Waals surface area contributed by atoms with Gasteiger partial charge >= 0.3 is 12.1 Å². The van der Waals surface area contributed by atoms with E-state index < -0.39 is 12.1 Å². The van der Waals surface area contributed by atoms with Crippen LogP contribution in [0, 0.1) is 0 Å². The number of aromatic nitrogens is 2. The van der Waals surface area contributed by atoms with Crippen molar-refractivity contribution in [2.75, 3.05) is 31.1 Å². The maximum atomic E-state index is 12.5. The molecule has 0 aliphatic carbocycles. The first-order valence-electron chi connectivity index (χ1n) is 11.3. The van der Waals surface area contributed by atoms with Gasteiger partial charge in [-0.25, -0.2) is 9.59 Å². The molecule has 10 heteroatoms. The molecule has 0 spiro atoms. The molecule has 4 amide bonds. The molecule has 0 bridgehead atoms. The fraction of sp³-hybridized carbons (Fsp3) is 0.565. The van der Waals surface area contributed by atoms with E-state index in [-0.39, 0.29) is 23.8 Å². The number of nitrogens with one attached hydrogen (secondary N) is 1. The third-order valence-corrected chi connectivity index (χ3v) is 6.48. The van der Waals surface area contributed by atoms with Crippen LogP contribution in [0.2, 0.25) is 0 Å². The molecule has 0 saturated carbocycles. The lowest BCUT2D eigenvalue weighted by Gasteiger charge is -2.38. The van der Waals surface area contributed by atoms with E-state index in [9.17, 15) is 19.5 Å². The Kier molecular flexibility index (Phi) is 5.81. The molecular formula is C23H32N6O4. The van der Waals surface area contributed by atoms with E-state index in [1.165, 1.54) is 4.90 Å². The van der Waals surface area contributed by atoms with E-state index in [0.717, 1.165) is 22.0 Å². The van der Waals surface area contributed by atoms with Gasteiger partial charge in [0.05, 0.1) is 5.52 Å². The van der Waals surface area contributed by atoms with Crippen LogP contribution in [0.25, 0.3) is 10.9 Å². The van der Waals surface area contributed by atoms with Crippen LogP contribution < -0.4 is 10.2 Å². The van der Waals surface area contributed by atoms with Gasteiger partial charge in [0.1, 0.15) is 0 Å². The molecule has 0 radical (unpaired) electrons. The summed E-state index contributed by atoms with van der Waals surface area (Å²) in [7, 11) is 1.86. The normalized spacial score (nSPS) is 20.5. The van der Waals surface area contributed by atoms with Crippen molar-refractivity contribution in [3.05, 3.63) is 23.3 Å². The number of aryl methyl sites for hydroxylation is 1. The summed E-state index contributed by atoms with van der Waals surface area (Å²) in [6, 6.07) is 3.77. The van der Waals surface area contributed by atoms with Crippen molar-refractivity contribution in [1.82, 2.24) is 24.9 Å². The lowest BCUT2D eigenvalue weighted by atomic mass is 9.83. The Morgan fingerprint density at radius 3 is 2.55 bits per heavy atom. The quantitative estimate of drug-likeness (QED) is 0.734. The molecule has 0 unspecified atom stereocenters. The van der Waals surface area contributed by atoms with Crippen LogP contribution in [0.15, 0.2) is 12.1 Å². The van der Waals surface area contributed by atoms with Gasteiger partial charge in [-0.15, -0.1) is 0 Å². The number of carboxylic acid groups (broad SMARTS) is 1. The smallest absolute Gasteiger partial charge is 0.407 e. The third kappa shape index (κ3) is 4.39. The molecule has 3 heterocycles. The molecule has 1 aromatic heterocycles. The van der Waals surface area contributed by atoms with Gasteiger partial charge in [-0.05, 0) is 29.5 Å². The molecule has 10 nitrogen and oxygen atoms in total. The van der Waals surface area contributed by atoms with Crippen molar-refractivity contribution in [2.45, 2.75) is 52.1 Å². The molecule has 2 fully saturated rings. The highest BCUT2D eigenvalue weighted by molar-refractivity contribution is 6.09. The average molecular weight is 457 g/mol. The van der Waals surface area contributed by atoms with Gasteiger partial charge in [0.15, 0.2) is 5.82 Å².